The molecular weight excluding hydrogens is 467 g/mol. The number of aliphatic carboxylic acids is 1. The van der Waals surface area contributed by atoms with Gasteiger partial charge in [-0.1, -0.05) is 23.1 Å². The molecule has 160 valence electrons. The number of hydrogen-bond acceptors (Lipinski definition) is 10. The van der Waals surface area contributed by atoms with E-state index in [1.54, 1.807) is 12.1 Å². The Morgan fingerprint density at radius 2 is 2.00 bits per heavy atom. The largest absolute Gasteiger partial charge is 1.00 e. The molecule has 4 N–H and O–H groups in total. The van der Waals surface area contributed by atoms with E-state index in [1.807, 2.05) is 0 Å². The number of benzene rings is 1. The molecule has 0 radical (unpaired) electrons. The van der Waals surface area contributed by atoms with Gasteiger partial charge in [0.2, 0.25) is 5.13 Å². The number of amides is 3. The number of carbonyl (C=O) groups excluding carboxylic acids is 3. The Hall–Kier alpha value is -2.32. The molecule has 1 aromatic heterocycles. The van der Waals surface area contributed by atoms with Gasteiger partial charge in [-0.2, -0.15) is 0 Å². The Kier molecular flexibility index (Phi) is 6.11. The molecule has 14 heteroatoms. The van der Waals surface area contributed by atoms with Crippen molar-refractivity contribution in [3.05, 3.63) is 34.9 Å². The van der Waals surface area contributed by atoms with Crippen LogP contribution in [-0.2, 0) is 9.59 Å². The Morgan fingerprint density at radius 3 is 2.62 bits per heavy atom. The van der Waals surface area contributed by atoms with E-state index in [4.69, 9.17) is 5.73 Å². The standard InChI is InChI=1S/C18H16N6O5S2.Na/c19-16-21-22-18(31-16)30-13-9-5-6-23(17(29)20-7-1-3-8(25)4-2-7)11-10(9)24(14(11)26)12(13)15(27)28;/h1-4,9-11,25H,5-6H2,(H2,19,21)(H,20,29)(H,27,28);/q;+1/p-1/t9?,10-,11+;/m1./s1. The molecule has 3 aliphatic heterocycles. The van der Waals surface area contributed by atoms with Gasteiger partial charge in [-0.3, -0.25) is 4.79 Å². The van der Waals surface area contributed by atoms with E-state index in [0.717, 1.165) is 23.1 Å². The number of piperidine rings is 1. The maximum absolute atomic E-state index is 12.9. The van der Waals surface area contributed by atoms with E-state index >= 15 is 0 Å². The topological polar surface area (TPSA) is 165 Å². The van der Waals surface area contributed by atoms with Crippen LogP contribution in [0.3, 0.4) is 0 Å². The van der Waals surface area contributed by atoms with Crippen LogP contribution in [0.15, 0.2) is 39.2 Å². The first-order valence-corrected chi connectivity index (χ1v) is 10.9. The minimum absolute atomic E-state index is 0. The van der Waals surface area contributed by atoms with Crippen molar-refractivity contribution in [3.8, 4) is 5.75 Å². The van der Waals surface area contributed by atoms with Crippen molar-refractivity contribution in [2.24, 2.45) is 5.92 Å². The molecule has 2 saturated heterocycles. The molecule has 4 heterocycles. The molecule has 11 nitrogen and oxygen atoms in total. The van der Waals surface area contributed by atoms with E-state index in [1.165, 1.54) is 21.9 Å². The summed E-state index contributed by atoms with van der Waals surface area (Å²) in [6.07, 6.45) is 0.474. The third kappa shape index (κ3) is 3.63. The first kappa shape index (κ1) is 22.9. The van der Waals surface area contributed by atoms with Crippen molar-refractivity contribution in [2.75, 3.05) is 17.6 Å². The van der Waals surface area contributed by atoms with Crippen molar-refractivity contribution in [3.63, 3.8) is 0 Å². The maximum Gasteiger partial charge on any atom is 1.00 e. The molecule has 0 aliphatic carbocycles. The number of thioether (sulfide) groups is 1. The van der Waals surface area contributed by atoms with Crippen molar-refractivity contribution < 1.29 is 54.2 Å². The van der Waals surface area contributed by atoms with Crippen LogP contribution >= 0.6 is 23.1 Å². The van der Waals surface area contributed by atoms with Crippen molar-refractivity contribution in [2.45, 2.75) is 22.8 Å². The fraction of sp³-hybridized carbons (Fsp3) is 0.278. The third-order valence-corrected chi connectivity index (χ3v) is 7.56. The first-order chi connectivity index (χ1) is 14.8. The average Bonchev–Trinajstić information content (AvgIpc) is 3.29. The maximum atomic E-state index is 12.9. The van der Waals surface area contributed by atoms with Crippen LogP contribution in [-0.4, -0.2) is 61.6 Å². The number of aromatic nitrogens is 2. The molecule has 0 bridgehead atoms. The first-order valence-electron chi connectivity index (χ1n) is 9.27. The van der Waals surface area contributed by atoms with Gasteiger partial charge in [0.15, 0.2) is 4.34 Å². The number of phenolic OH excluding ortho intramolecular Hbond substituents is 1. The van der Waals surface area contributed by atoms with Gasteiger partial charge in [0.25, 0.3) is 5.91 Å². The number of aromatic hydroxyl groups is 1. The number of nitrogen functional groups attached to an aromatic ring is 1. The fourth-order valence-corrected chi connectivity index (χ4v) is 6.28. The van der Waals surface area contributed by atoms with Gasteiger partial charge in [-0.25, -0.2) is 4.79 Å². The monoisotopic (exact) mass is 482 g/mol. The number of β-lactam (4-membered cyclic amide) rings is 1. The van der Waals surface area contributed by atoms with E-state index in [9.17, 15) is 24.6 Å². The third-order valence-electron chi connectivity index (χ3n) is 5.54. The molecule has 1 aromatic carbocycles. The second-order valence-corrected chi connectivity index (χ2v) is 9.52. The van der Waals surface area contributed by atoms with Crippen LogP contribution in [0, 0.1) is 5.92 Å². The molecule has 0 spiro atoms. The number of nitrogens with one attached hydrogen (secondary N) is 1. The van der Waals surface area contributed by atoms with Crippen LogP contribution in [0.5, 0.6) is 5.75 Å². The van der Waals surface area contributed by atoms with Gasteiger partial charge in [-0.05, 0) is 30.7 Å². The number of hydrogen-bond donors (Lipinski definition) is 3. The average molecular weight is 482 g/mol. The molecule has 5 rings (SSSR count). The Labute approximate surface area is 211 Å². The second kappa shape index (κ2) is 8.56. The number of carboxylic acids is 1. The molecule has 2 fully saturated rings. The molecule has 3 atom stereocenters. The molecule has 32 heavy (non-hydrogen) atoms. The predicted octanol–water partition coefficient (Wildman–Crippen LogP) is -2.97. The number of likely N-dealkylation sites (tertiary alicyclic amines) is 1. The summed E-state index contributed by atoms with van der Waals surface area (Å²) in [5, 5.41) is 31.9. The smallest absolute Gasteiger partial charge is 0.543 e. The van der Waals surface area contributed by atoms with Gasteiger partial charge in [0.1, 0.15) is 11.8 Å². The summed E-state index contributed by atoms with van der Waals surface area (Å²) in [5.74, 6) is -2.08. The number of nitrogens with zero attached hydrogens (tertiary/aromatic N) is 4. The van der Waals surface area contributed by atoms with Gasteiger partial charge in [-0.15, -0.1) is 10.2 Å². The SMILES string of the molecule is Nc1nnc(SC2=C(C(=O)[O-])N3C(=O)[C@@H]4[C@H]3C2CCN4C(=O)Nc2ccc(O)cc2)s1.[Na+]. The van der Waals surface area contributed by atoms with Crippen LogP contribution in [0.25, 0.3) is 0 Å². The molecule has 1 unspecified atom stereocenters. The Morgan fingerprint density at radius 1 is 1.28 bits per heavy atom. The van der Waals surface area contributed by atoms with Crippen LogP contribution < -0.4 is 45.7 Å². The van der Waals surface area contributed by atoms with E-state index in [-0.39, 0.29) is 58.6 Å². The van der Waals surface area contributed by atoms with E-state index < -0.39 is 30.0 Å². The Balaban J connectivity index is 0.00000245. The molecule has 3 aliphatic rings. The molecular formula is C18H15N6NaO5S2. The van der Waals surface area contributed by atoms with Crippen molar-refractivity contribution in [1.29, 1.82) is 0 Å². The van der Waals surface area contributed by atoms with Crippen molar-refractivity contribution >= 4 is 51.8 Å². The molecule has 0 saturated carbocycles. The number of carbonyl (C=O) groups is 3. The molecule has 3 amide bonds. The van der Waals surface area contributed by atoms with Gasteiger partial charge < -0.3 is 35.9 Å². The number of anilines is 2. The summed E-state index contributed by atoms with van der Waals surface area (Å²) in [5.41, 5.74) is 5.92. The number of rotatable bonds is 4. The van der Waals surface area contributed by atoms with Gasteiger partial charge >= 0.3 is 35.6 Å². The number of urea groups is 1. The summed E-state index contributed by atoms with van der Waals surface area (Å²) >= 11 is 2.25. The van der Waals surface area contributed by atoms with Gasteiger partial charge in [0.05, 0.1) is 17.7 Å². The van der Waals surface area contributed by atoms with Crippen LogP contribution in [0.2, 0.25) is 0 Å². The molecule has 2 aromatic rings. The van der Waals surface area contributed by atoms with Gasteiger partial charge in [0, 0.05) is 23.1 Å². The van der Waals surface area contributed by atoms with E-state index in [0.29, 0.717) is 21.4 Å². The quantitative estimate of drug-likeness (QED) is 0.234. The fourth-order valence-electron chi connectivity index (χ4n) is 4.29. The van der Waals surface area contributed by atoms with Crippen LogP contribution in [0.4, 0.5) is 15.6 Å². The number of phenols is 1. The number of carboxylic acid groups (broad SMARTS) is 1. The zero-order valence-electron chi connectivity index (χ0n) is 16.7. The summed E-state index contributed by atoms with van der Waals surface area (Å²) in [6, 6.07) is 4.28. The number of nitrogens with two attached hydrogens (primary N) is 1. The zero-order valence-corrected chi connectivity index (χ0v) is 20.4. The summed E-state index contributed by atoms with van der Waals surface area (Å²) in [7, 11) is 0. The zero-order chi connectivity index (χ0) is 21.9. The normalized spacial score (nSPS) is 23.4. The summed E-state index contributed by atoms with van der Waals surface area (Å²) < 4.78 is 0.477. The minimum atomic E-state index is -1.44. The van der Waals surface area contributed by atoms with E-state index in [2.05, 4.69) is 15.5 Å². The predicted molar refractivity (Wildman–Crippen MR) is 109 cm³/mol. The van der Waals surface area contributed by atoms with Crippen LogP contribution in [0.1, 0.15) is 6.42 Å². The minimum Gasteiger partial charge on any atom is -0.543 e. The second-order valence-electron chi connectivity index (χ2n) is 7.22. The summed E-state index contributed by atoms with van der Waals surface area (Å²) in [6.45, 7) is 0.276. The summed E-state index contributed by atoms with van der Waals surface area (Å²) in [4.78, 5) is 40.7. The van der Waals surface area contributed by atoms with Crippen molar-refractivity contribution in [1.82, 2.24) is 20.0 Å². The Bertz CT molecular complexity index is 1140.